The molecule has 0 aromatic heterocycles. The molecule has 0 radical (unpaired) electrons. The summed E-state index contributed by atoms with van der Waals surface area (Å²) in [6, 6.07) is 10.4. The van der Waals surface area contributed by atoms with Gasteiger partial charge in [-0.15, -0.1) is 0 Å². The van der Waals surface area contributed by atoms with Gasteiger partial charge in [0.05, 0.1) is 16.1 Å². The number of hydrogen-bond donors (Lipinski definition) is 1. The lowest BCUT2D eigenvalue weighted by Gasteiger charge is -2.21. The molecule has 0 bridgehead atoms. The van der Waals surface area contributed by atoms with Crippen molar-refractivity contribution in [3.63, 3.8) is 0 Å². The molecule has 2 aromatic rings. The van der Waals surface area contributed by atoms with Gasteiger partial charge in [-0.3, -0.25) is 0 Å². The van der Waals surface area contributed by atoms with E-state index in [9.17, 15) is 4.39 Å². The lowest BCUT2D eigenvalue weighted by Crippen LogP contribution is -2.22. The van der Waals surface area contributed by atoms with Crippen LogP contribution in [0.5, 0.6) is 0 Å². The van der Waals surface area contributed by atoms with Crippen molar-refractivity contribution in [2.45, 2.75) is 19.9 Å². The molecule has 0 aliphatic carbocycles. The van der Waals surface area contributed by atoms with Gasteiger partial charge in [0.25, 0.3) is 0 Å². The molecule has 0 spiro atoms. The SMILES string of the molecule is CCNC(c1ccc(Cl)c(Cl)c1)c1ccc(F)cc1C. The van der Waals surface area contributed by atoms with Crippen LogP contribution in [0.1, 0.15) is 29.7 Å². The maximum atomic E-state index is 13.3. The number of aryl methyl sites for hydroxylation is 1. The molecule has 20 heavy (non-hydrogen) atoms. The van der Waals surface area contributed by atoms with Crippen molar-refractivity contribution in [3.05, 3.63) is 69.0 Å². The smallest absolute Gasteiger partial charge is 0.123 e. The summed E-state index contributed by atoms with van der Waals surface area (Å²) >= 11 is 12.0. The Kier molecular flexibility index (Phi) is 5.03. The van der Waals surface area contributed by atoms with Crippen LogP contribution in [0.2, 0.25) is 10.0 Å². The van der Waals surface area contributed by atoms with E-state index in [-0.39, 0.29) is 11.9 Å². The van der Waals surface area contributed by atoms with E-state index in [2.05, 4.69) is 5.32 Å². The Labute approximate surface area is 128 Å². The van der Waals surface area contributed by atoms with E-state index in [1.54, 1.807) is 12.1 Å². The van der Waals surface area contributed by atoms with Crippen LogP contribution in [0.15, 0.2) is 36.4 Å². The highest BCUT2D eigenvalue weighted by Crippen LogP contribution is 2.30. The second-order valence-electron chi connectivity index (χ2n) is 4.67. The van der Waals surface area contributed by atoms with Gasteiger partial charge >= 0.3 is 0 Å². The Morgan fingerprint density at radius 3 is 2.45 bits per heavy atom. The summed E-state index contributed by atoms with van der Waals surface area (Å²) in [5, 5.41) is 4.45. The molecule has 0 amide bonds. The molecular weight excluding hydrogens is 296 g/mol. The van der Waals surface area contributed by atoms with E-state index in [0.29, 0.717) is 10.0 Å². The Bertz CT molecular complexity index is 613. The first-order chi connectivity index (χ1) is 9.52. The van der Waals surface area contributed by atoms with E-state index in [0.717, 1.165) is 23.2 Å². The fourth-order valence-corrected chi connectivity index (χ4v) is 2.57. The van der Waals surface area contributed by atoms with E-state index >= 15 is 0 Å². The zero-order chi connectivity index (χ0) is 14.7. The summed E-state index contributed by atoms with van der Waals surface area (Å²) in [6.07, 6.45) is 0. The Hall–Kier alpha value is -1.09. The summed E-state index contributed by atoms with van der Waals surface area (Å²) in [5.41, 5.74) is 2.95. The van der Waals surface area contributed by atoms with Crippen LogP contribution in [0.4, 0.5) is 4.39 Å². The lowest BCUT2D eigenvalue weighted by molar-refractivity contribution is 0.610. The van der Waals surface area contributed by atoms with E-state index in [1.165, 1.54) is 12.1 Å². The molecule has 0 aliphatic heterocycles. The van der Waals surface area contributed by atoms with Crippen LogP contribution >= 0.6 is 23.2 Å². The molecule has 1 atom stereocenters. The second-order valence-corrected chi connectivity index (χ2v) is 5.48. The molecule has 0 aliphatic rings. The Balaban J connectivity index is 2.47. The number of hydrogen-bond acceptors (Lipinski definition) is 1. The van der Waals surface area contributed by atoms with Crippen molar-refractivity contribution in [1.29, 1.82) is 0 Å². The maximum Gasteiger partial charge on any atom is 0.123 e. The quantitative estimate of drug-likeness (QED) is 0.824. The first kappa shape index (κ1) is 15.3. The minimum absolute atomic E-state index is 0.0321. The third kappa shape index (κ3) is 3.32. The predicted octanol–water partition coefficient (Wildman–Crippen LogP) is 5.14. The molecular formula is C16H16Cl2FN. The average molecular weight is 312 g/mol. The highest BCUT2D eigenvalue weighted by Gasteiger charge is 2.16. The van der Waals surface area contributed by atoms with Gasteiger partial charge in [-0.2, -0.15) is 0 Å². The minimum atomic E-state index is -0.226. The normalized spacial score (nSPS) is 12.4. The summed E-state index contributed by atoms with van der Waals surface area (Å²) < 4.78 is 13.3. The molecule has 4 heteroatoms. The molecule has 1 unspecified atom stereocenters. The van der Waals surface area contributed by atoms with Crippen LogP contribution in [0, 0.1) is 12.7 Å². The summed E-state index contributed by atoms with van der Waals surface area (Å²) in [4.78, 5) is 0. The van der Waals surface area contributed by atoms with Crippen molar-refractivity contribution in [2.75, 3.05) is 6.54 Å². The van der Waals surface area contributed by atoms with E-state index in [4.69, 9.17) is 23.2 Å². The van der Waals surface area contributed by atoms with Gasteiger partial charge in [0.2, 0.25) is 0 Å². The number of benzene rings is 2. The molecule has 1 nitrogen and oxygen atoms in total. The molecule has 0 saturated heterocycles. The largest absolute Gasteiger partial charge is 0.307 e. The van der Waals surface area contributed by atoms with Gasteiger partial charge in [-0.1, -0.05) is 42.3 Å². The van der Waals surface area contributed by atoms with Crippen LogP contribution < -0.4 is 5.32 Å². The third-order valence-corrected chi connectivity index (χ3v) is 3.97. The third-order valence-electron chi connectivity index (χ3n) is 3.23. The Morgan fingerprint density at radius 2 is 1.85 bits per heavy atom. The molecule has 0 saturated carbocycles. The van der Waals surface area contributed by atoms with Gasteiger partial charge in [-0.25, -0.2) is 4.39 Å². The molecule has 2 aromatic carbocycles. The highest BCUT2D eigenvalue weighted by molar-refractivity contribution is 6.42. The van der Waals surface area contributed by atoms with Crippen LogP contribution in [0.3, 0.4) is 0 Å². The fourth-order valence-electron chi connectivity index (χ4n) is 2.27. The Morgan fingerprint density at radius 1 is 1.10 bits per heavy atom. The summed E-state index contributed by atoms with van der Waals surface area (Å²) in [7, 11) is 0. The molecule has 2 rings (SSSR count). The van der Waals surface area contributed by atoms with Gasteiger partial charge in [0, 0.05) is 0 Å². The van der Waals surface area contributed by atoms with Crippen molar-refractivity contribution in [2.24, 2.45) is 0 Å². The van der Waals surface area contributed by atoms with Gasteiger partial charge in [-0.05, 0) is 54.4 Å². The van der Waals surface area contributed by atoms with Crippen molar-refractivity contribution >= 4 is 23.2 Å². The lowest BCUT2D eigenvalue weighted by atomic mass is 9.95. The summed E-state index contributed by atoms with van der Waals surface area (Å²) in [6.45, 7) is 4.73. The van der Waals surface area contributed by atoms with Gasteiger partial charge < -0.3 is 5.32 Å². The number of halogens is 3. The molecule has 0 fully saturated rings. The van der Waals surface area contributed by atoms with Gasteiger partial charge in [0.15, 0.2) is 0 Å². The fraction of sp³-hybridized carbons (Fsp3) is 0.250. The minimum Gasteiger partial charge on any atom is -0.307 e. The molecule has 106 valence electrons. The first-order valence-electron chi connectivity index (χ1n) is 6.47. The van der Waals surface area contributed by atoms with Crippen molar-refractivity contribution in [1.82, 2.24) is 5.32 Å². The zero-order valence-corrected chi connectivity index (χ0v) is 12.9. The summed E-state index contributed by atoms with van der Waals surface area (Å²) in [5.74, 6) is -0.226. The van der Waals surface area contributed by atoms with Crippen molar-refractivity contribution < 1.29 is 4.39 Å². The van der Waals surface area contributed by atoms with Crippen LogP contribution in [-0.2, 0) is 0 Å². The second kappa shape index (κ2) is 6.57. The molecule has 1 N–H and O–H groups in total. The maximum absolute atomic E-state index is 13.3. The van der Waals surface area contributed by atoms with Gasteiger partial charge in [0.1, 0.15) is 5.82 Å². The predicted molar refractivity (Wildman–Crippen MR) is 83.1 cm³/mol. The number of nitrogens with one attached hydrogen (secondary N) is 1. The zero-order valence-electron chi connectivity index (χ0n) is 11.4. The monoisotopic (exact) mass is 311 g/mol. The standard InChI is InChI=1S/C16H16Cl2FN/c1-3-20-16(11-4-7-14(17)15(18)9-11)13-6-5-12(19)8-10(13)2/h4-9,16,20H,3H2,1-2H3. The first-order valence-corrected chi connectivity index (χ1v) is 7.23. The van der Waals surface area contributed by atoms with Crippen LogP contribution in [0.25, 0.3) is 0 Å². The van der Waals surface area contributed by atoms with Crippen LogP contribution in [-0.4, -0.2) is 6.54 Å². The van der Waals surface area contributed by atoms with E-state index in [1.807, 2.05) is 26.0 Å². The van der Waals surface area contributed by atoms with Crippen molar-refractivity contribution in [3.8, 4) is 0 Å². The molecule has 0 heterocycles. The van der Waals surface area contributed by atoms with E-state index < -0.39 is 0 Å². The topological polar surface area (TPSA) is 12.0 Å². The average Bonchev–Trinajstić information content (AvgIpc) is 2.40. The highest BCUT2D eigenvalue weighted by atomic mass is 35.5. The number of rotatable bonds is 4.